The standard InChI is InChI=1S/C12H16O3S/c1-9-8-10(12(13)14)4-5-11(9)15-6-3-7-16-2/h4-5,8H,3,6-7H2,1-2H3,(H,13,14). The molecule has 0 radical (unpaired) electrons. The largest absolute Gasteiger partial charge is 0.493 e. The number of rotatable bonds is 6. The molecule has 0 aliphatic heterocycles. The Kier molecular flexibility index (Phi) is 5.19. The molecule has 4 heteroatoms. The third kappa shape index (κ3) is 3.77. The first-order valence-corrected chi connectivity index (χ1v) is 6.50. The molecule has 0 saturated heterocycles. The normalized spacial score (nSPS) is 10.1. The first-order valence-electron chi connectivity index (χ1n) is 5.11. The van der Waals surface area contributed by atoms with Crippen molar-refractivity contribution in [1.82, 2.24) is 0 Å². The summed E-state index contributed by atoms with van der Waals surface area (Å²) in [4.78, 5) is 10.7. The fourth-order valence-electron chi connectivity index (χ4n) is 1.33. The number of hydrogen-bond acceptors (Lipinski definition) is 3. The van der Waals surface area contributed by atoms with Gasteiger partial charge >= 0.3 is 5.97 Å². The number of benzene rings is 1. The highest BCUT2D eigenvalue weighted by Gasteiger charge is 2.05. The van der Waals surface area contributed by atoms with Crippen LogP contribution in [-0.4, -0.2) is 29.7 Å². The smallest absolute Gasteiger partial charge is 0.335 e. The Bertz CT molecular complexity index is 363. The molecule has 0 unspecified atom stereocenters. The van der Waals surface area contributed by atoms with E-state index in [-0.39, 0.29) is 0 Å². The summed E-state index contributed by atoms with van der Waals surface area (Å²) in [7, 11) is 0. The zero-order chi connectivity index (χ0) is 12.0. The van der Waals surface area contributed by atoms with Crippen molar-refractivity contribution in [2.24, 2.45) is 0 Å². The van der Waals surface area contributed by atoms with Crippen molar-refractivity contribution in [3.8, 4) is 5.75 Å². The molecule has 0 bridgehead atoms. The van der Waals surface area contributed by atoms with Gasteiger partial charge in [0.2, 0.25) is 0 Å². The highest BCUT2D eigenvalue weighted by Crippen LogP contribution is 2.19. The molecular formula is C12H16O3S. The van der Waals surface area contributed by atoms with Gasteiger partial charge in [-0.2, -0.15) is 11.8 Å². The van der Waals surface area contributed by atoms with Gasteiger partial charge in [-0.05, 0) is 49.1 Å². The lowest BCUT2D eigenvalue weighted by molar-refractivity contribution is 0.0696. The Morgan fingerprint density at radius 2 is 2.25 bits per heavy atom. The average molecular weight is 240 g/mol. The quantitative estimate of drug-likeness (QED) is 0.777. The van der Waals surface area contributed by atoms with Gasteiger partial charge < -0.3 is 9.84 Å². The minimum Gasteiger partial charge on any atom is -0.493 e. The molecular weight excluding hydrogens is 224 g/mol. The predicted octanol–water partition coefficient (Wildman–Crippen LogP) is 2.83. The van der Waals surface area contributed by atoms with Crippen molar-refractivity contribution < 1.29 is 14.6 Å². The zero-order valence-electron chi connectivity index (χ0n) is 9.53. The van der Waals surface area contributed by atoms with Crippen LogP contribution < -0.4 is 4.74 Å². The molecule has 0 spiro atoms. The van der Waals surface area contributed by atoms with Crippen LogP contribution in [0.25, 0.3) is 0 Å². The van der Waals surface area contributed by atoms with Crippen molar-refractivity contribution in [2.45, 2.75) is 13.3 Å². The molecule has 16 heavy (non-hydrogen) atoms. The molecule has 0 aliphatic carbocycles. The number of carboxylic acids is 1. The summed E-state index contributed by atoms with van der Waals surface area (Å²) in [5.41, 5.74) is 1.16. The molecule has 0 aliphatic rings. The van der Waals surface area contributed by atoms with Crippen LogP contribution in [0.5, 0.6) is 5.75 Å². The maximum atomic E-state index is 10.7. The van der Waals surface area contributed by atoms with Gasteiger partial charge in [-0.25, -0.2) is 4.79 Å². The van der Waals surface area contributed by atoms with E-state index < -0.39 is 5.97 Å². The molecule has 0 heterocycles. The fraction of sp³-hybridized carbons (Fsp3) is 0.417. The van der Waals surface area contributed by atoms with Crippen LogP contribution in [0.3, 0.4) is 0 Å². The molecule has 3 nitrogen and oxygen atoms in total. The monoisotopic (exact) mass is 240 g/mol. The first-order chi connectivity index (χ1) is 7.65. The van der Waals surface area contributed by atoms with E-state index in [4.69, 9.17) is 9.84 Å². The summed E-state index contributed by atoms with van der Waals surface area (Å²) in [6.07, 6.45) is 3.06. The van der Waals surface area contributed by atoms with Crippen LogP contribution in [-0.2, 0) is 0 Å². The van der Waals surface area contributed by atoms with Gasteiger partial charge in [0.05, 0.1) is 12.2 Å². The minimum absolute atomic E-state index is 0.300. The molecule has 0 saturated carbocycles. The summed E-state index contributed by atoms with van der Waals surface area (Å²) < 4.78 is 5.57. The van der Waals surface area contributed by atoms with Crippen LogP contribution in [0.4, 0.5) is 0 Å². The second-order valence-corrected chi connectivity index (χ2v) is 4.47. The minimum atomic E-state index is -0.906. The van der Waals surface area contributed by atoms with E-state index >= 15 is 0 Å². The summed E-state index contributed by atoms with van der Waals surface area (Å²) >= 11 is 1.79. The lowest BCUT2D eigenvalue weighted by Gasteiger charge is -2.09. The molecule has 1 N–H and O–H groups in total. The molecule has 0 atom stereocenters. The van der Waals surface area contributed by atoms with Crippen LogP contribution in [0.1, 0.15) is 22.3 Å². The van der Waals surface area contributed by atoms with Gasteiger partial charge in [0.15, 0.2) is 0 Å². The van der Waals surface area contributed by atoms with Crippen molar-refractivity contribution in [2.75, 3.05) is 18.6 Å². The van der Waals surface area contributed by atoms with Gasteiger partial charge in [0.25, 0.3) is 0 Å². The van der Waals surface area contributed by atoms with E-state index in [1.807, 2.05) is 6.92 Å². The third-order valence-corrected chi connectivity index (χ3v) is 2.87. The third-order valence-electron chi connectivity index (χ3n) is 2.17. The predicted molar refractivity (Wildman–Crippen MR) is 66.6 cm³/mol. The molecule has 0 amide bonds. The Morgan fingerprint density at radius 3 is 2.81 bits per heavy atom. The highest BCUT2D eigenvalue weighted by molar-refractivity contribution is 7.98. The molecule has 0 aromatic heterocycles. The van der Waals surface area contributed by atoms with E-state index in [1.54, 1.807) is 30.0 Å². The van der Waals surface area contributed by atoms with Crippen molar-refractivity contribution >= 4 is 17.7 Å². The number of aromatic carboxylic acids is 1. The molecule has 1 rings (SSSR count). The SMILES string of the molecule is CSCCCOc1ccc(C(=O)O)cc1C. The van der Waals surface area contributed by atoms with Crippen LogP contribution in [0, 0.1) is 6.92 Å². The summed E-state index contributed by atoms with van der Waals surface area (Å²) in [6.45, 7) is 2.53. The lowest BCUT2D eigenvalue weighted by atomic mass is 10.1. The second kappa shape index (κ2) is 6.43. The molecule has 1 aromatic rings. The van der Waals surface area contributed by atoms with Crippen molar-refractivity contribution in [3.05, 3.63) is 29.3 Å². The number of ether oxygens (including phenoxy) is 1. The van der Waals surface area contributed by atoms with Gasteiger partial charge in [0, 0.05) is 0 Å². The van der Waals surface area contributed by atoms with Crippen molar-refractivity contribution in [3.63, 3.8) is 0 Å². The average Bonchev–Trinajstić information content (AvgIpc) is 2.26. The van der Waals surface area contributed by atoms with E-state index in [2.05, 4.69) is 6.26 Å². The molecule has 88 valence electrons. The molecule has 0 fully saturated rings. The Balaban J connectivity index is 2.57. The number of carboxylic acid groups (broad SMARTS) is 1. The van der Waals surface area contributed by atoms with E-state index in [0.29, 0.717) is 12.2 Å². The Labute approximate surface area is 99.8 Å². The van der Waals surface area contributed by atoms with Gasteiger partial charge in [-0.15, -0.1) is 0 Å². The van der Waals surface area contributed by atoms with Gasteiger partial charge in [0.1, 0.15) is 5.75 Å². The van der Waals surface area contributed by atoms with Crippen LogP contribution in [0.15, 0.2) is 18.2 Å². The lowest BCUT2D eigenvalue weighted by Crippen LogP contribution is -2.02. The second-order valence-electron chi connectivity index (χ2n) is 3.48. The highest BCUT2D eigenvalue weighted by atomic mass is 32.2. The van der Waals surface area contributed by atoms with E-state index in [1.165, 1.54) is 0 Å². The van der Waals surface area contributed by atoms with E-state index in [9.17, 15) is 4.79 Å². The van der Waals surface area contributed by atoms with Gasteiger partial charge in [-0.1, -0.05) is 0 Å². The summed E-state index contributed by atoms with van der Waals surface area (Å²) in [5.74, 6) is 0.940. The Hall–Kier alpha value is -1.16. The Morgan fingerprint density at radius 1 is 1.50 bits per heavy atom. The summed E-state index contributed by atoms with van der Waals surface area (Å²) in [5, 5.41) is 8.80. The first kappa shape index (κ1) is 12.9. The number of carbonyl (C=O) groups is 1. The van der Waals surface area contributed by atoms with Crippen LogP contribution >= 0.6 is 11.8 Å². The van der Waals surface area contributed by atoms with Gasteiger partial charge in [-0.3, -0.25) is 0 Å². The summed E-state index contributed by atoms with van der Waals surface area (Å²) in [6, 6.07) is 4.92. The topological polar surface area (TPSA) is 46.5 Å². The van der Waals surface area contributed by atoms with Crippen molar-refractivity contribution in [1.29, 1.82) is 0 Å². The zero-order valence-corrected chi connectivity index (χ0v) is 10.3. The maximum absolute atomic E-state index is 10.7. The number of aryl methyl sites for hydroxylation is 1. The van der Waals surface area contributed by atoms with E-state index in [0.717, 1.165) is 23.5 Å². The maximum Gasteiger partial charge on any atom is 0.335 e. The fourth-order valence-corrected chi connectivity index (χ4v) is 1.74. The number of hydrogen-bond donors (Lipinski definition) is 1. The van der Waals surface area contributed by atoms with Crippen LogP contribution in [0.2, 0.25) is 0 Å². The molecule has 1 aromatic carbocycles. The number of thioether (sulfide) groups is 1.